The Morgan fingerprint density at radius 3 is 2.68 bits per heavy atom. The predicted molar refractivity (Wildman–Crippen MR) is 137 cm³/mol. The number of carboxylic acids is 1. The zero-order chi connectivity index (χ0) is 27.7. The summed E-state index contributed by atoms with van der Waals surface area (Å²) >= 11 is 0. The molecule has 12 heteroatoms. The molecule has 3 atom stereocenters. The number of pyridine rings is 1. The van der Waals surface area contributed by atoms with E-state index in [4.69, 9.17) is 9.72 Å². The van der Waals surface area contributed by atoms with Crippen LogP contribution in [0.15, 0.2) is 12.1 Å². The van der Waals surface area contributed by atoms with E-state index in [1.165, 1.54) is 5.56 Å². The van der Waals surface area contributed by atoms with Crippen LogP contribution in [0, 0.1) is 0 Å². The van der Waals surface area contributed by atoms with Crippen molar-refractivity contribution in [2.75, 3.05) is 44.7 Å². The molecule has 0 radical (unpaired) electrons. The summed E-state index contributed by atoms with van der Waals surface area (Å²) in [7, 11) is 0. The fourth-order valence-electron chi connectivity index (χ4n) is 5.08. The quantitative estimate of drug-likeness (QED) is 0.307. The van der Waals surface area contributed by atoms with Crippen LogP contribution in [0.2, 0.25) is 0 Å². The third-order valence-electron chi connectivity index (χ3n) is 7.12. The van der Waals surface area contributed by atoms with E-state index < -0.39 is 30.8 Å². The lowest BCUT2D eigenvalue weighted by molar-refractivity contribution is -0.174. The lowest BCUT2D eigenvalue weighted by Gasteiger charge is -2.45. The summed E-state index contributed by atoms with van der Waals surface area (Å²) in [5.74, 6) is -0.194. The number of hydrogen-bond acceptors (Lipinski definition) is 6. The summed E-state index contributed by atoms with van der Waals surface area (Å²) in [6.45, 7) is 4.41. The molecule has 9 nitrogen and oxygen atoms in total. The van der Waals surface area contributed by atoms with Crippen molar-refractivity contribution in [3.05, 3.63) is 23.4 Å². The fourth-order valence-corrected chi connectivity index (χ4v) is 5.08. The number of likely N-dealkylation sites (tertiary alicyclic amines) is 1. The Morgan fingerprint density at radius 1 is 1.24 bits per heavy atom. The molecule has 2 aliphatic heterocycles. The van der Waals surface area contributed by atoms with E-state index in [-0.39, 0.29) is 31.7 Å². The molecule has 0 aliphatic carbocycles. The van der Waals surface area contributed by atoms with Crippen molar-refractivity contribution < 1.29 is 32.6 Å². The Hall–Kier alpha value is -2.60. The monoisotopic (exact) mass is 543 g/mol. The van der Waals surface area contributed by atoms with Gasteiger partial charge in [-0.25, -0.2) is 14.6 Å². The molecular weight excluding hydrogens is 503 g/mol. The van der Waals surface area contributed by atoms with Gasteiger partial charge in [-0.2, -0.15) is 13.2 Å². The van der Waals surface area contributed by atoms with Crippen molar-refractivity contribution in [2.24, 2.45) is 0 Å². The maximum absolute atomic E-state index is 12.5. The number of rotatable bonds is 14. The summed E-state index contributed by atoms with van der Waals surface area (Å²) in [6.07, 6.45) is 1.09. The van der Waals surface area contributed by atoms with Crippen LogP contribution in [0.25, 0.3) is 0 Å². The topological polar surface area (TPSA) is 107 Å². The van der Waals surface area contributed by atoms with Gasteiger partial charge < -0.3 is 30.3 Å². The van der Waals surface area contributed by atoms with Gasteiger partial charge in [0, 0.05) is 37.4 Å². The predicted octanol–water partition coefficient (Wildman–Crippen LogP) is 3.68. The summed E-state index contributed by atoms with van der Waals surface area (Å²) in [5, 5.41) is 15.6. The third-order valence-corrected chi connectivity index (χ3v) is 7.12. The van der Waals surface area contributed by atoms with Gasteiger partial charge in [-0.1, -0.05) is 6.07 Å². The molecule has 0 bridgehead atoms. The zero-order valence-corrected chi connectivity index (χ0v) is 22.2. The van der Waals surface area contributed by atoms with Crippen molar-refractivity contribution in [1.29, 1.82) is 0 Å². The molecule has 38 heavy (non-hydrogen) atoms. The van der Waals surface area contributed by atoms with Crippen LogP contribution >= 0.6 is 0 Å². The Bertz CT molecular complexity index is 925. The molecule has 1 aromatic rings. The van der Waals surface area contributed by atoms with E-state index in [0.29, 0.717) is 13.1 Å². The number of amides is 2. The highest BCUT2D eigenvalue weighted by Crippen LogP contribution is 2.25. The summed E-state index contributed by atoms with van der Waals surface area (Å²) in [6, 6.07) is 2.76. The van der Waals surface area contributed by atoms with Crippen LogP contribution in [0.5, 0.6) is 0 Å². The molecule has 1 fully saturated rings. The number of anilines is 1. The number of fused-ring (bicyclic) bond motifs is 1. The van der Waals surface area contributed by atoms with E-state index in [1.807, 2.05) is 24.8 Å². The summed E-state index contributed by atoms with van der Waals surface area (Å²) in [5.41, 5.74) is 2.21. The van der Waals surface area contributed by atoms with Gasteiger partial charge in [0.2, 0.25) is 0 Å². The number of aromatic nitrogens is 1. The molecule has 0 unspecified atom stereocenters. The molecule has 0 spiro atoms. The summed E-state index contributed by atoms with van der Waals surface area (Å²) in [4.78, 5) is 32.6. The van der Waals surface area contributed by atoms with Crippen molar-refractivity contribution in [3.8, 4) is 0 Å². The highest BCUT2D eigenvalue weighted by molar-refractivity contribution is 5.83. The van der Waals surface area contributed by atoms with E-state index in [0.717, 1.165) is 56.6 Å². The second-order valence-electron chi connectivity index (χ2n) is 10.3. The average Bonchev–Trinajstić information content (AvgIpc) is 2.85. The van der Waals surface area contributed by atoms with Gasteiger partial charge in [-0.3, -0.25) is 0 Å². The Labute approximate surface area is 222 Å². The standard InChI is InChI=1S/C26H40F3N5O4/c1-18-16-19(2)34(18)25(37)32-22(24(35)36)10-13-33(14-15-38-17-26(27,28)29)12-4-3-7-21-9-8-20-6-5-11-30-23(20)31-21/h8-9,18-19,22H,3-7,10-17H2,1-2H3,(H,30,31)(H,32,37)(H,35,36)/t18-,19-,22+/m1/s1. The van der Waals surface area contributed by atoms with E-state index in [1.54, 1.807) is 4.90 Å². The number of aryl methyl sites for hydroxylation is 2. The van der Waals surface area contributed by atoms with Gasteiger partial charge >= 0.3 is 18.2 Å². The number of urea groups is 1. The van der Waals surface area contributed by atoms with Crippen molar-refractivity contribution in [1.82, 2.24) is 20.1 Å². The highest BCUT2D eigenvalue weighted by atomic mass is 19.4. The highest BCUT2D eigenvalue weighted by Gasteiger charge is 2.37. The number of halogens is 3. The number of aliphatic carboxylic acids is 1. The minimum absolute atomic E-state index is 0.0575. The van der Waals surface area contributed by atoms with E-state index in [9.17, 15) is 27.9 Å². The number of nitrogens with zero attached hydrogens (tertiary/aromatic N) is 3. The second kappa shape index (κ2) is 14.0. The largest absolute Gasteiger partial charge is 0.480 e. The number of nitrogens with one attached hydrogen (secondary N) is 2. The second-order valence-corrected chi connectivity index (χ2v) is 10.3. The third kappa shape index (κ3) is 9.30. The number of ether oxygens (including phenoxy) is 1. The normalized spacial score (nSPS) is 19.9. The number of carbonyl (C=O) groups excluding carboxylic acids is 1. The smallest absolute Gasteiger partial charge is 0.411 e. The molecule has 3 heterocycles. The molecule has 2 amide bonds. The number of alkyl halides is 3. The molecule has 3 rings (SSSR count). The molecule has 1 aromatic heterocycles. The molecule has 0 aromatic carbocycles. The van der Waals surface area contributed by atoms with Gasteiger partial charge in [-0.05, 0) is 77.0 Å². The zero-order valence-electron chi connectivity index (χ0n) is 22.2. The number of hydrogen-bond donors (Lipinski definition) is 3. The lowest BCUT2D eigenvalue weighted by Crippen LogP contribution is -2.61. The average molecular weight is 544 g/mol. The van der Waals surface area contributed by atoms with E-state index >= 15 is 0 Å². The lowest BCUT2D eigenvalue weighted by atomic mass is 9.96. The van der Waals surface area contributed by atoms with Gasteiger partial charge in [0.25, 0.3) is 0 Å². The molecular formula is C26H40F3N5O4. The molecule has 2 aliphatic rings. The first-order valence-electron chi connectivity index (χ1n) is 13.4. The van der Waals surface area contributed by atoms with Crippen molar-refractivity contribution in [2.45, 2.75) is 83.1 Å². The summed E-state index contributed by atoms with van der Waals surface area (Å²) < 4.78 is 42.1. The molecule has 0 saturated carbocycles. The fraction of sp³-hybridized carbons (Fsp3) is 0.731. The van der Waals surface area contributed by atoms with Crippen LogP contribution in [0.1, 0.15) is 57.2 Å². The van der Waals surface area contributed by atoms with Gasteiger partial charge in [-0.15, -0.1) is 0 Å². The first kappa shape index (κ1) is 29.9. The van der Waals surface area contributed by atoms with Crippen LogP contribution in [-0.2, 0) is 22.4 Å². The molecule has 3 N–H and O–H groups in total. The van der Waals surface area contributed by atoms with Crippen LogP contribution in [0.3, 0.4) is 0 Å². The Kier molecular flexibility index (Phi) is 11.0. The Balaban J connectivity index is 1.49. The molecule has 214 valence electrons. The number of carboxylic acid groups (broad SMARTS) is 1. The maximum Gasteiger partial charge on any atom is 0.411 e. The van der Waals surface area contributed by atoms with Crippen molar-refractivity contribution in [3.63, 3.8) is 0 Å². The minimum atomic E-state index is -4.40. The van der Waals surface area contributed by atoms with Gasteiger partial charge in [0.15, 0.2) is 0 Å². The minimum Gasteiger partial charge on any atom is -0.480 e. The van der Waals surface area contributed by atoms with Gasteiger partial charge in [0.1, 0.15) is 18.5 Å². The Morgan fingerprint density at radius 2 is 2.00 bits per heavy atom. The van der Waals surface area contributed by atoms with Gasteiger partial charge in [0.05, 0.1) is 6.61 Å². The first-order chi connectivity index (χ1) is 18.0. The van der Waals surface area contributed by atoms with Crippen molar-refractivity contribution >= 4 is 17.8 Å². The van der Waals surface area contributed by atoms with Crippen LogP contribution < -0.4 is 10.6 Å². The maximum atomic E-state index is 12.5. The number of unbranched alkanes of at least 4 members (excludes halogenated alkanes) is 1. The van der Waals surface area contributed by atoms with Crippen LogP contribution in [0.4, 0.5) is 23.8 Å². The SMILES string of the molecule is C[C@@H]1C[C@@H](C)N1C(=O)N[C@@H](CCN(CCCCc1ccc2c(n1)NCCC2)CCOCC(F)(F)F)C(=O)O. The van der Waals surface area contributed by atoms with E-state index in [2.05, 4.69) is 16.7 Å². The number of carbonyl (C=O) groups is 2. The first-order valence-corrected chi connectivity index (χ1v) is 13.4. The molecule has 1 saturated heterocycles. The van der Waals surface area contributed by atoms with Crippen LogP contribution in [-0.4, -0.2) is 95.6 Å².